The Hall–Kier alpha value is -4.51. The Bertz CT molecular complexity index is 1880. The molecular formula is C41H52N10O. The van der Waals surface area contributed by atoms with E-state index in [0.29, 0.717) is 36.8 Å². The first-order valence-electron chi connectivity index (χ1n) is 19.3. The number of benzene rings is 2. The van der Waals surface area contributed by atoms with Crippen LogP contribution in [0.4, 0.5) is 27.7 Å². The van der Waals surface area contributed by atoms with E-state index in [1.165, 1.54) is 30.5 Å². The molecule has 4 aromatic rings. The van der Waals surface area contributed by atoms with Crippen molar-refractivity contribution < 1.29 is 4.79 Å². The lowest BCUT2D eigenvalue weighted by Gasteiger charge is -2.63. The highest BCUT2D eigenvalue weighted by Crippen LogP contribution is 2.64. The number of para-hydroxylation sites is 2. The van der Waals surface area contributed by atoms with Crippen molar-refractivity contribution in [2.75, 3.05) is 47.4 Å². The molecule has 4 saturated carbocycles. The second kappa shape index (κ2) is 12.9. The summed E-state index contributed by atoms with van der Waals surface area (Å²) in [6.45, 7) is 12.3. The van der Waals surface area contributed by atoms with Gasteiger partial charge >= 0.3 is 6.03 Å². The first kappa shape index (κ1) is 33.3. The van der Waals surface area contributed by atoms with Crippen LogP contribution in [0.5, 0.6) is 0 Å². The van der Waals surface area contributed by atoms with Crippen molar-refractivity contribution in [3.05, 3.63) is 84.3 Å². The average Bonchev–Trinajstić information content (AvgIpc) is 3.56. The molecule has 6 aliphatic rings. The van der Waals surface area contributed by atoms with E-state index >= 15 is 0 Å². The summed E-state index contributed by atoms with van der Waals surface area (Å²) < 4.78 is 2.00. The quantitative estimate of drug-likeness (QED) is 0.245. The monoisotopic (exact) mass is 700 g/mol. The Kier molecular flexibility index (Phi) is 8.24. The van der Waals surface area contributed by atoms with E-state index in [9.17, 15) is 4.79 Å². The highest BCUT2D eigenvalue weighted by molar-refractivity contribution is 5.97. The fourth-order valence-corrected chi connectivity index (χ4v) is 11.2. The molecule has 4 aliphatic carbocycles. The number of rotatable bonds is 7. The summed E-state index contributed by atoms with van der Waals surface area (Å²) >= 11 is 0. The zero-order valence-electron chi connectivity index (χ0n) is 30.8. The van der Waals surface area contributed by atoms with Crippen molar-refractivity contribution in [2.45, 2.75) is 77.4 Å². The molecule has 2 N–H and O–H groups in total. The molecule has 3 unspecified atom stereocenters. The number of carbonyl (C=O) groups excluding carboxylic acids is 1. The van der Waals surface area contributed by atoms with Gasteiger partial charge in [0, 0.05) is 44.7 Å². The lowest BCUT2D eigenvalue weighted by atomic mass is 9.44. The minimum atomic E-state index is -0.363. The molecule has 0 radical (unpaired) electrons. The van der Waals surface area contributed by atoms with Gasteiger partial charge < -0.3 is 15.5 Å². The number of hydrogen-bond donors (Lipinski definition) is 1. The van der Waals surface area contributed by atoms with E-state index in [-0.39, 0.29) is 23.0 Å². The maximum absolute atomic E-state index is 13.5. The van der Waals surface area contributed by atoms with Crippen molar-refractivity contribution in [3.63, 3.8) is 0 Å². The van der Waals surface area contributed by atoms with Crippen LogP contribution in [0.25, 0.3) is 0 Å². The Morgan fingerprint density at radius 2 is 1.60 bits per heavy atom. The van der Waals surface area contributed by atoms with Crippen molar-refractivity contribution in [3.8, 4) is 0 Å². The summed E-state index contributed by atoms with van der Waals surface area (Å²) in [4.78, 5) is 27.8. The number of hydrogen-bond acceptors (Lipinski definition) is 8. The number of urea groups is 1. The van der Waals surface area contributed by atoms with Crippen molar-refractivity contribution >= 4 is 28.9 Å². The third-order valence-corrected chi connectivity index (χ3v) is 13.2. The fourth-order valence-electron chi connectivity index (χ4n) is 11.2. The van der Waals surface area contributed by atoms with Crippen molar-refractivity contribution in [1.82, 2.24) is 30.1 Å². The average molecular weight is 701 g/mol. The van der Waals surface area contributed by atoms with Crippen LogP contribution in [0.3, 0.4) is 0 Å². The number of aromatic nitrogens is 5. The van der Waals surface area contributed by atoms with E-state index in [0.717, 1.165) is 68.5 Å². The molecule has 52 heavy (non-hydrogen) atoms. The van der Waals surface area contributed by atoms with Gasteiger partial charge in [-0.1, -0.05) is 42.5 Å². The van der Waals surface area contributed by atoms with Crippen molar-refractivity contribution in [2.24, 2.45) is 34.8 Å². The second-order valence-corrected chi connectivity index (χ2v) is 17.4. The first-order chi connectivity index (χ1) is 25.1. The van der Waals surface area contributed by atoms with Crippen LogP contribution in [0, 0.1) is 29.1 Å². The summed E-state index contributed by atoms with van der Waals surface area (Å²) in [7, 11) is 0. The Balaban J connectivity index is 0.972. The van der Waals surface area contributed by atoms with Crippen LogP contribution in [0.2, 0.25) is 0 Å². The van der Waals surface area contributed by atoms with Crippen LogP contribution in [0.15, 0.2) is 72.9 Å². The minimum Gasteiger partial charge on any atom is -0.368 e. The first-order valence-corrected chi connectivity index (χ1v) is 19.3. The molecule has 2 aromatic heterocycles. The van der Waals surface area contributed by atoms with Gasteiger partial charge in [0.2, 0.25) is 0 Å². The lowest BCUT2D eigenvalue weighted by Crippen LogP contribution is -2.63. The molecule has 2 aliphatic heterocycles. The normalized spacial score (nSPS) is 28.7. The molecule has 4 bridgehead atoms. The standard InChI is InChI=1S/C41H52N10O/c1-40(2,3)48-17-15-47(16-18-48)32-13-14-36(43-25-32)49-27-35(51(39(42)52)34-12-8-7-11-33(34)49)38-30-19-29-20-31(38)23-41(21-29,22-30)24-37-44-45-46-50(37)26-28-9-5-4-6-10-28/h4-14,25,29-31,35,38H,15-24,26-27H2,1-3H3,(H2,42,52). The highest BCUT2D eigenvalue weighted by atomic mass is 16.2. The van der Waals surface area contributed by atoms with Crippen LogP contribution in [-0.4, -0.2) is 80.4 Å². The van der Waals surface area contributed by atoms with Crippen LogP contribution in [-0.2, 0) is 13.0 Å². The number of nitrogens with two attached hydrogens (primary N) is 1. The topological polar surface area (TPSA) is 113 Å². The molecule has 1 saturated heterocycles. The highest BCUT2D eigenvalue weighted by Gasteiger charge is 2.59. The molecule has 0 spiro atoms. The van der Waals surface area contributed by atoms with E-state index in [2.05, 4.69) is 99.5 Å². The van der Waals surface area contributed by atoms with Gasteiger partial charge in [0.25, 0.3) is 0 Å². The number of anilines is 4. The SMILES string of the molecule is CC(C)(C)N1CCN(c2ccc(N3CC(C4C5CC6CC4CC(Cc4nnnn4Cc4ccccc4)(C6)C5)N(C(N)=O)c4ccccc43)nc2)CC1. The maximum atomic E-state index is 13.5. The van der Waals surface area contributed by atoms with Crippen molar-refractivity contribution in [1.29, 1.82) is 0 Å². The van der Waals surface area contributed by atoms with Gasteiger partial charge in [0.05, 0.1) is 35.8 Å². The van der Waals surface area contributed by atoms with E-state index < -0.39 is 0 Å². The number of primary amides is 1. The lowest BCUT2D eigenvalue weighted by molar-refractivity contribution is -0.102. The van der Waals surface area contributed by atoms with Crippen LogP contribution < -0.4 is 20.4 Å². The van der Waals surface area contributed by atoms with Gasteiger partial charge in [-0.3, -0.25) is 9.80 Å². The number of tetrazole rings is 1. The zero-order chi connectivity index (χ0) is 35.6. The number of carbonyl (C=O) groups is 1. The summed E-state index contributed by atoms with van der Waals surface area (Å²) in [5, 5.41) is 13.1. The Morgan fingerprint density at radius 3 is 2.27 bits per heavy atom. The summed E-state index contributed by atoms with van der Waals surface area (Å²) in [5.41, 5.74) is 10.9. The fraction of sp³-hybridized carbons (Fsp3) is 0.537. The molecule has 2 amide bonds. The van der Waals surface area contributed by atoms with Crippen LogP contribution >= 0.6 is 0 Å². The molecule has 5 fully saturated rings. The number of nitrogens with zero attached hydrogens (tertiary/aromatic N) is 9. The summed E-state index contributed by atoms with van der Waals surface area (Å²) in [6, 6.07) is 22.7. The van der Waals surface area contributed by atoms with Gasteiger partial charge in [0.15, 0.2) is 5.82 Å². The third-order valence-electron chi connectivity index (χ3n) is 13.2. The van der Waals surface area contributed by atoms with E-state index in [1.807, 2.05) is 34.0 Å². The van der Waals surface area contributed by atoms with E-state index in [4.69, 9.17) is 10.7 Å². The number of amides is 2. The largest absolute Gasteiger partial charge is 0.368 e. The molecule has 11 nitrogen and oxygen atoms in total. The Labute approximate surface area is 307 Å². The smallest absolute Gasteiger partial charge is 0.319 e. The summed E-state index contributed by atoms with van der Waals surface area (Å²) in [6.07, 6.45) is 8.91. The molecule has 4 heterocycles. The Morgan fingerprint density at radius 1 is 0.885 bits per heavy atom. The number of fused-ring (bicyclic) bond motifs is 1. The maximum Gasteiger partial charge on any atom is 0.319 e. The second-order valence-electron chi connectivity index (χ2n) is 17.4. The number of pyridine rings is 1. The van der Waals surface area contributed by atoms with Gasteiger partial charge in [-0.2, -0.15) is 0 Å². The molecule has 272 valence electrons. The molecule has 2 aromatic carbocycles. The third kappa shape index (κ3) is 6.00. The van der Waals surface area contributed by atoms with Gasteiger partial charge in [-0.05, 0) is 122 Å². The zero-order valence-corrected chi connectivity index (χ0v) is 30.8. The van der Waals surface area contributed by atoms with Crippen LogP contribution in [0.1, 0.15) is 64.3 Å². The molecular weight excluding hydrogens is 649 g/mol. The summed E-state index contributed by atoms with van der Waals surface area (Å²) in [5.74, 6) is 4.03. The van der Waals surface area contributed by atoms with E-state index in [1.54, 1.807) is 0 Å². The molecule has 11 heteroatoms. The predicted octanol–water partition coefficient (Wildman–Crippen LogP) is 6.13. The predicted molar refractivity (Wildman–Crippen MR) is 204 cm³/mol. The van der Waals surface area contributed by atoms with Gasteiger partial charge in [-0.15, -0.1) is 5.10 Å². The minimum absolute atomic E-state index is 0.0326. The molecule has 3 atom stereocenters. The van der Waals surface area contributed by atoms with Gasteiger partial charge in [0.1, 0.15) is 5.82 Å². The molecule has 10 rings (SSSR count). The number of piperazine rings is 1. The van der Waals surface area contributed by atoms with Gasteiger partial charge in [-0.25, -0.2) is 14.5 Å².